The molecular weight excluding hydrogens is 349 g/mol. The van der Waals surface area contributed by atoms with Crippen molar-refractivity contribution >= 4 is 5.91 Å². The summed E-state index contributed by atoms with van der Waals surface area (Å²) in [4.78, 5) is 12.5. The first-order chi connectivity index (χ1) is 13.0. The van der Waals surface area contributed by atoms with E-state index in [0.717, 1.165) is 23.5 Å². The summed E-state index contributed by atoms with van der Waals surface area (Å²) in [6.45, 7) is 4.53. The van der Waals surface area contributed by atoms with Crippen molar-refractivity contribution in [2.75, 3.05) is 0 Å². The Morgan fingerprint density at radius 1 is 1.30 bits per heavy atom. The number of hydrogen-bond acceptors (Lipinski definition) is 5. The van der Waals surface area contributed by atoms with Gasteiger partial charge >= 0.3 is 0 Å². The minimum absolute atomic E-state index is 0.0761. The quantitative estimate of drug-likeness (QED) is 0.764. The van der Waals surface area contributed by atoms with Gasteiger partial charge in [0.2, 0.25) is 5.76 Å². The molecule has 0 spiro atoms. The van der Waals surface area contributed by atoms with Crippen molar-refractivity contribution in [3.05, 3.63) is 53.4 Å². The number of aromatic nitrogens is 4. The van der Waals surface area contributed by atoms with E-state index in [9.17, 15) is 9.18 Å². The fourth-order valence-electron chi connectivity index (χ4n) is 3.18. The highest BCUT2D eigenvalue weighted by Crippen LogP contribution is 2.23. The number of amides is 1. The van der Waals surface area contributed by atoms with Gasteiger partial charge in [-0.05, 0) is 36.6 Å². The van der Waals surface area contributed by atoms with E-state index < -0.39 is 0 Å². The second-order valence-corrected chi connectivity index (χ2v) is 7.04. The van der Waals surface area contributed by atoms with Crippen LogP contribution in [0.2, 0.25) is 0 Å². The van der Waals surface area contributed by atoms with Crippen LogP contribution in [0.5, 0.6) is 0 Å². The predicted octanol–water partition coefficient (Wildman–Crippen LogP) is 2.94. The molecule has 7 nitrogen and oxygen atoms in total. The summed E-state index contributed by atoms with van der Waals surface area (Å²) in [6.07, 6.45) is 1.46. The second kappa shape index (κ2) is 6.94. The van der Waals surface area contributed by atoms with Gasteiger partial charge in [0.25, 0.3) is 5.91 Å². The third kappa shape index (κ3) is 3.47. The number of nitrogens with one attached hydrogen (secondary N) is 1. The first kappa shape index (κ1) is 17.4. The van der Waals surface area contributed by atoms with E-state index >= 15 is 0 Å². The molecule has 8 heteroatoms. The van der Waals surface area contributed by atoms with Gasteiger partial charge < -0.3 is 14.4 Å². The lowest BCUT2D eigenvalue weighted by atomic mass is 10.1. The second-order valence-electron chi connectivity index (χ2n) is 7.04. The number of benzene rings is 1. The molecule has 27 heavy (non-hydrogen) atoms. The summed E-state index contributed by atoms with van der Waals surface area (Å²) < 4.78 is 20.3. The van der Waals surface area contributed by atoms with Gasteiger partial charge in [-0.3, -0.25) is 4.79 Å². The van der Waals surface area contributed by atoms with Gasteiger partial charge in [-0.25, -0.2) is 4.39 Å². The molecule has 3 heterocycles. The summed E-state index contributed by atoms with van der Waals surface area (Å²) in [5.74, 6) is 1.37. The van der Waals surface area contributed by atoms with Crippen LogP contribution in [-0.4, -0.2) is 31.9 Å². The predicted molar refractivity (Wildman–Crippen MR) is 95.6 cm³/mol. The molecule has 0 bridgehead atoms. The molecule has 4 rings (SSSR count). The summed E-state index contributed by atoms with van der Waals surface area (Å²) in [7, 11) is 0. The summed E-state index contributed by atoms with van der Waals surface area (Å²) in [5, 5.41) is 15.4. The number of carbonyl (C=O) groups is 1. The van der Waals surface area contributed by atoms with E-state index in [2.05, 4.69) is 20.7 Å². The summed E-state index contributed by atoms with van der Waals surface area (Å²) in [5.41, 5.74) is 1.54. The molecular formula is C19H20FN5O2. The minimum Gasteiger partial charge on any atom is -0.351 e. The Morgan fingerprint density at radius 3 is 2.78 bits per heavy atom. The Labute approximate surface area is 155 Å². The maximum atomic E-state index is 13.2. The zero-order chi connectivity index (χ0) is 19.0. The van der Waals surface area contributed by atoms with Crippen LogP contribution < -0.4 is 5.32 Å². The lowest BCUT2D eigenvalue weighted by Crippen LogP contribution is -2.41. The van der Waals surface area contributed by atoms with Gasteiger partial charge in [-0.15, -0.1) is 10.2 Å². The molecule has 0 saturated heterocycles. The van der Waals surface area contributed by atoms with Crippen LogP contribution in [-0.2, 0) is 13.0 Å². The highest BCUT2D eigenvalue weighted by Gasteiger charge is 2.26. The third-order valence-corrected chi connectivity index (χ3v) is 4.73. The van der Waals surface area contributed by atoms with Gasteiger partial charge in [0.05, 0.1) is 5.69 Å². The Hall–Kier alpha value is -3.03. The number of halogens is 1. The van der Waals surface area contributed by atoms with Gasteiger partial charge in [-0.1, -0.05) is 19.0 Å². The average molecular weight is 369 g/mol. The Morgan fingerprint density at radius 2 is 2.07 bits per heavy atom. The molecule has 2 aromatic heterocycles. The van der Waals surface area contributed by atoms with Crippen molar-refractivity contribution in [2.45, 2.75) is 45.2 Å². The highest BCUT2D eigenvalue weighted by molar-refractivity contribution is 5.91. The van der Waals surface area contributed by atoms with Gasteiger partial charge in [-0.2, -0.15) is 0 Å². The smallest absolute Gasteiger partial charge is 0.290 e. The molecule has 0 radical (unpaired) electrons. The maximum absolute atomic E-state index is 13.2. The number of rotatable bonds is 4. The van der Waals surface area contributed by atoms with Crippen molar-refractivity contribution in [3.63, 3.8) is 0 Å². The van der Waals surface area contributed by atoms with Crippen LogP contribution in [0.1, 0.15) is 48.3 Å². The first-order valence-corrected chi connectivity index (χ1v) is 8.96. The molecule has 0 unspecified atom stereocenters. The lowest BCUT2D eigenvalue weighted by Gasteiger charge is -2.24. The lowest BCUT2D eigenvalue weighted by molar-refractivity contribution is 0.0890. The number of aryl methyl sites for hydroxylation is 1. The molecule has 1 atom stereocenters. The largest absolute Gasteiger partial charge is 0.351 e. The van der Waals surface area contributed by atoms with E-state index in [4.69, 9.17) is 4.52 Å². The van der Waals surface area contributed by atoms with E-state index in [0.29, 0.717) is 18.8 Å². The first-order valence-electron chi connectivity index (χ1n) is 8.96. The fourth-order valence-corrected chi connectivity index (χ4v) is 3.18. The van der Waals surface area contributed by atoms with Crippen molar-refractivity contribution in [3.8, 4) is 11.4 Å². The van der Waals surface area contributed by atoms with Crippen LogP contribution in [0.15, 0.2) is 34.9 Å². The van der Waals surface area contributed by atoms with Crippen molar-refractivity contribution < 1.29 is 13.7 Å². The maximum Gasteiger partial charge on any atom is 0.290 e. The van der Waals surface area contributed by atoms with Crippen molar-refractivity contribution in [2.24, 2.45) is 0 Å². The molecule has 3 aromatic rings. The SMILES string of the molecule is CC(C)c1cc(C(=O)N[C@H]2CCc3nnc(-c4ccc(F)cc4)n3C2)on1. The number of nitrogens with zero attached hydrogens (tertiary/aromatic N) is 4. The van der Waals surface area contributed by atoms with Crippen LogP contribution in [0.25, 0.3) is 11.4 Å². The van der Waals surface area contributed by atoms with Gasteiger partial charge in [0.15, 0.2) is 5.82 Å². The zero-order valence-corrected chi connectivity index (χ0v) is 15.1. The Kier molecular flexibility index (Phi) is 4.47. The molecule has 1 N–H and O–H groups in total. The summed E-state index contributed by atoms with van der Waals surface area (Å²) in [6, 6.07) is 7.75. The van der Waals surface area contributed by atoms with Crippen LogP contribution >= 0.6 is 0 Å². The molecule has 140 valence electrons. The van der Waals surface area contributed by atoms with Crippen LogP contribution in [0.3, 0.4) is 0 Å². The monoisotopic (exact) mass is 369 g/mol. The number of carbonyl (C=O) groups excluding carboxylic acids is 1. The molecule has 1 aromatic carbocycles. The van der Waals surface area contributed by atoms with Gasteiger partial charge in [0.1, 0.15) is 11.6 Å². The zero-order valence-electron chi connectivity index (χ0n) is 15.1. The van der Waals surface area contributed by atoms with Crippen molar-refractivity contribution in [1.82, 2.24) is 25.2 Å². The fraction of sp³-hybridized carbons (Fsp3) is 0.368. The van der Waals surface area contributed by atoms with Crippen LogP contribution in [0, 0.1) is 5.82 Å². The summed E-state index contributed by atoms with van der Waals surface area (Å²) >= 11 is 0. The van der Waals surface area contributed by atoms with E-state index in [1.165, 1.54) is 12.1 Å². The molecule has 1 aliphatic heterocycles. The van der Waals surface area contributed by atoms with Gasteiger partial charge in [0, 0.05) is 30.6 Å². The number of hydrogen-bond donors (Lipinski definition) is 1. The molecule has 0 aliphatic carbocycles. The van der Waals surface area contributed by atoms with E-state index in [1.54, 1.807) is 18.2 Å². The average Bonchev–Trinajstić information content (AvgIpc) is 3.29. The Bertz CT molecular complexity index is 961. The standard InChI is InChI=1S/C19H20FN5O2/c1-11(2)15-9-16(27-24-15)19(26)21-14-7-8-17-22-23-18(25(17)10-14)12-3-5-13(20)6-4-12/h3-6,9,11,14H,7-8,10H2,1-2H3,(H,21,26)/t14-/m0/s1. The molecule has 0 fully saturated rings. The van der Waals surface area contributed by atoms with Crippen LogP contribution in [0.4, 0.5) is 4.39 Å². The van der Waals surface area contributed by atoms with Crippen molar-refractivity contribution in [1.29, 1.82) is 0 Å². The third-order valence-electron chi connectivity index (χ3n) is 4.73. The van der Waals surface area contributed by atoms with E-state index in [1.807, 2.05) is 18.4 Å². The number of fused-ring (bicyclic) bond motifs is 1. The van der Waals surface area contributed by atoms with E-state index in [-0.39, 0.29) is 29.4 Å². The highest BCUT2D eigenvalue weighted by atomic mass is 19.1. The molecule has 0 saturated carbocycles. The topological polar surface area (TPSA) is 85.8 Å². The Balaban J connectivity index is 1.50. The molecule has 1 aliphatic rings. The molecule has 1 amide bonds. The normalized spacial score (nSPS) is 16.4. The minimum atomic E-state index is -0.296.